The van der Waals surface area contributed by atoms with Crippen molar-refractivity contribution in [2.75, 3.05) is 11.5 Å². The number of nitrogens with zero attached hydrogens (tertiary/aromatic N) is 1. The third-order valence-corrected chi connectivity index (χ3v) is 6.04. The Morgan fingerprint density at radius 1 is 1.03 bits per heavy atom. The highest BCUT2D eigenvalue weighted by Gasteiger charge is 2.43. The lowest BCUT2D eigenvalue weighted by molar-refractivity contribution is -0.136. The van der Waals surface area contributed by atoms with E-state index in [-0.39, 0.29) is 18.9 Å². The van der Waals surface area contributed by atoms with Gasteiger partial charge in [-0.1, -0.05) is 41.9 Å². The minimum absolute atomic E-state index is 0.0186. The lowest BCUT2D eigenvalue weighted by Crippen LogP contribution is -2.37. The Morgan fingerprint density at radius 2 is 1.79 bits per heavy atom. The third-order valence-electron chi connectivity index (χ3n) is 5.78. The first-order chi connectivity index (χ1) is 16.0. The second-order valence-corrected chi connectivity index (χ2v) is 8.32. The van der Waals surface area contributed by atoms with Crippen LogP contribution in [0, 0.1) is 5.82 Å². The molecule has 33 heavy (non-hydrogen) atoms. The Bertz CT molecular complexity index is 1250. The van der Waals surface area contributed by atoms with Crippen LogP contribution in [0.4, 0.5) is 10.1 Å². The van der Waals surface area contributed by atoms with Crippen molar-refractivity contribution in [3.8, 4) is 5.75 Å². The number of benzene rings is 3. The van der Waals surface area contributed by atoms with Crippen LogP contribution >= 0.6 is 11.6 Å². The van der Waals surface area contributed by atoms with Gasteiger partial charge in [-0.25, -0.2) is 9.18 Å². The van der Waals surface area contributed by atoms with E-state index in [9.17, 15) is 14.0 Å². The van der Waals surface area contributed by atoms with Crippen molar-refractivity contribution in [1.29, 1.82) is 0 Å². The molecule has 0 saturated heterocycles. The van der Waals surface area contributed by atoms with Crippen molar-refractivity contribution in [1.82, 2.24) is 0 Å². The topological polar surface area (TPSA) is 55.8 Å². The average Bonchev–Trinajstić information content (AvgIpc) is 3.20. The maximum absolute atomic E-state index is 13.8. The molecule has 166 valence electrons. The van der Waals surface area contributed by atoms with E-state index in [1.165, 1.54) is 23.1 Å². The maximum Gasteiger partial charge on any atom is 0.336 e. The molecule has 0 bridgehead atoms. The lowest BCUT2D eigenvalue weighted by Gasteiger charge is -2.31. The van der Waals surface area contributed by atoms with E-state index in [2.05, 4.69) is 0 Å². The van der Waals surface area contributed by atoms with Gasteiger partial charge in [-0.2, -0.15) is 0 Å². The Kier molecular flexibility index (Phi) is 5.60. The van der Waals surface area contributed by atoms with Gasteiger partial charge in [0.1, 0.15) is 24.8 Å². The molecule has 1 atom stereocenters. The van der Waals surface area contributed by atoms with E-state index in [4.69, 9.17) is 21.1 Å². The highest BCUT2D eigenvalue weighted by atomic mass is 35.5. The number of rotatable bonds is 5. The predicted molar refractivity (Wildman–Crippen MR) is 121 cm³/mol. The molecule has 2 heterocycles. The summed E-state index contributed by atoms with van der Waals surface area (Å²) in [4.78, 5) is 27.0. The molecule has 0 spiro atoms. The normalized spacial score (nSPS) is 17.8. The van der Waals surface area contributed by atoms with Crippen LogP contribution in [0.1, 0.15) is 23.5 Å². The maximum atomic E-state index is 13.8. The largest absolute Gasteiger partial charge is 0.489 e. The molecule has 2 aliphatic heterocycles. The summed E-state index contributed by atoms with van der Waals surface area (Å²) >= 11 is 5.91. The quantitative estimate of drug-likeness (QED) is 0.476. The minimum Gasteiger partial charge on any atom is -0.489 e. The Balaban J connectivity index is 1.39. The Morgan fingerprint density at radius 3 is 2.52 bits per heavy atom. The lowest BCUT2D eigenvalue weighted by atomic mass is 9.84. The zero-order chi connectivity index (χ0) is 22.9. The van der Waals surface area contributed by atoms with Crippen LogP contribution in [0.3, 0.4) is 0 Å². The molecule has 0 aliphatic carbocycles. The van der Waals surface area contributed by atoms with Crippen LogP contribution in [0.2, 0.25) is 5.02 Å². The molecule has 1 amide bonds. The smallest absolute Gasteiger partial charge is 0.336 e. The summed E-state index contributed by atoms with van der Waals surface area (Å²) < 4.78 is 24.9. The van der Waals surface area contributed by atoms with Crippen LogP contribution in [0.15, 0.2) is 84.1 Å². The van der Waals surface area contributed by atoms with Crippen LogP contribution in [-0.2, 0) is 20.9 Å². The standard InChI is InChI=1S/C26H19ClFNO4/c27-18-8-4-16(5-9-18)14-32-21-10-6-17(7-11-21)22-13-24(30)29(20-3-1-2-19(28)12-20)23-15-33-26(31)25(22)23/h1-12,22H,13-15H2. The molecular weight excluding hydrogens is 445 g/mol. The van der Waals surface area contributed by atoms with E-state index in [1.807, 2.05) is 48.5 Å². The molecule has 3 aromatic carbocycles. The van der Waals surface area contributed by atoms with Crippen LogP contribution in [0.25, 0.3) is 0 Å². The number of amides is 1. The molecule has 0 radical (unpaired) electrons. The van der Waals surface area contributed by atoms with Gasteiger partial charge in [-0.3, -0.25) is 9.69 Å². The van der Waals surface area contributed by atoms with E-state index in [0.717, 1.165) is 11.1 Å². The number of hydrogen-bond donors (Lipinski definition) is 0. The number of ether oxygens (including phenoxy) is 2. The van der Waals surface area contributed by atoms with Crippen molar-refractivity contribution in [2.45, 2.75) is 18.9 Å². The molecule has 1 unspecified atom stereocenters. The summed E-state index contributed by atoms with van der Waals surface area (Å²) in [6.45, 7) is 0.373. The fraction of sp³-hybridized carbons (Fsp3) is 0.154. The van der Waals surface area contributed by atoms with Crippen molar-refractivity contribution in [3.05, 3.63) is 106 Å². The number of hydrogen-bond acceptors (Lipinski definition) is 4. The predicted octanol–water partition coefficient (Wildman–Crippen LogP) is 5.39. The monoisotopic (exact) mass is 463 g/mol. The number of halogens is 2. The van der Waals surface area contributed by atoms with Crippen molar-refractivity contribution < 1.29 is 23.5 Å². The van der Waals surface area contributed by atoms with E-state index in [1.54, 1.807) is 6.07 Å². The number of carbonyl (C=O) groups is 2. The number of esters is 1. The zero-order valence-corrected chi connectivity index (χ0v) is 18.2. The molecule has 0 N–H and O–H groups in total. The highest BCUT2D eigenvalue weighted by Crippen LogP contribution is 2.42. The molecular formula is C26H19ClFNO4. The summed E-state index contributed by atoms with van der Waals surface area (Å²) in [6, 6.07) is 20.5. The van der Waals surface area contributed by atoms with Crippen LogP contribution < -0.4 is 9.64 Å². The molecule has 3 aromatic rings. The molecule has 0 fully saturated rings. The molecule has 0 aromatic heterocycles. The van der Waals surface area contributed by atoms with Gasteiger partial charge in [-0.05, 0) is 53.6 Å². The molecule has 2 aliphatic rings. The number of anilines is 1. The van der Waals surface area contributed by atoms with Gasteiger partial charge in [0.15, 0.2) is 0 Å². The first kappa shape index (κ1) is 21.2. The summed E-state index contributed by atoms with van der Waals surface area (Å²) in [5, 5.41) is 0.667. The van der Waals surface area contributed by atoms with Gasteiger partial charge in [0, 0.05) is 17.4 Å². The van der Waals surface area contributed by atoms with Gasteiger partial charge < -0.3 is 9.47 Å². The fourth-order valence-corrected chi connectivity index (χ4v) is 4.32. The Labute approximate surface area is 195 Å². The van der Waals surface area contributed by atoms with Gasteiger partial charge >= 0.3 is 5.97 Å². The summed E-state index contributed by atoms with van der Waals surface area (Å²) in [5.74, 6) is -0.889. The zero-order valence-electron chi connectivity index (χ0n) is 17.5. The first-order valence-corrected chi connectivity index (χ1v) is 10.8. The molecule has 5 nitrogen and oxygen atoms in total. The second kappa shape index (κ2) is 8.71. The van der Waals surface area contributed by atoms with Crippen LogP contribution in [-0.4, -0.2) is 18.5 Å². The molecule has 5 rings (SSSR count). The fourth-order valence-electron chi connectivity index (χ4n) is 4.20. The SMILES string of the molecule is O=C1OCC2=C1C(c1ccc(OCc3ccc(Cl)cc3)cc1)CC(=O)N2c1cccc(F)c1. The number of cyclic esters (lactones) is 1. The van der Waals surface area contributed by atoms with Crippen molar-refractivity contribution in [2.24, 2.45) is 0 Å². The summed E-state index contributed by atoms with van der Waals surface area (Å²) in [6.07, 6.45) is 0.0788. The van der Waals surface area contributed by atoms with Gasteiger partial charge in [0.05, 0.1) is 17.0 Å². The third kappa shape index (κ3) is 4.22. The van der Waals surface area contributed by atoms with Gasteiger partial charge in [0.2, 0.25) is 5.91 Å². The molecule has 0 saturated carbocycles. The summed E-state index contributed by atoms with van der Waals surface area (Å²) in [7, 11) is 0. The second-order valence-electron chi connectivity index (χ2n) is 7.89. The highest BCUT2D eigenvalue weighted by molar-refractivity contribution is 6.30. The summed E-state index contributed by atoms with van der Waals surface area (Å²) in [5.41, 5.74) is 3.09. The first-order valence-electron chi connectivity index (χ1n) is 10.5. The molecule has 7 heteroatoms. The average molecular weight is 464 g/mol. The van der Waals surface area contributed by atoms with Gasteiger partial charge in [0.25, 0.3) is 0 Å². The van der Waals surface area contributed by atoms with E-state index >= 15 is 0 Å². The van der Waals surface area contributed by atoms with Crippen LogP contribution in [0.5, 0.6) is 5.75 Å². The van der Waals surface area contributed by atoms with Crippen molar-refractivity contribution in [3.63, 3.8) is 0 Å². The van der Waals surface area contributed by atoms with E-state index in [0.29, 0.717) is 34.3 Å². The van der Waals surface area contributed by atoms with E-state index < -0.39 is 17.7 Å². The minimum atomic E-state index is -0.455. The number of carbonyl (C=O) groups excluding carboxylic acids is 2. The van der Waals surface area contributed by atoms with Crippen molar-refractivity contribution >= 4 is 29.2 Å². The Hall–Kier alpha value is -3.64. The van der Waals surface area contributed by atoms with Gasteiger partial charge in [-0.15, -0.1) is 0 Å².